The molecular formula is C10H17NO8. The fourth-order valence-corrected chi connectivity index (χ4v) is 1.58. The van der Waals surface area contributed by atoms with E-state index < -0.39 is 42.8 Å². The van der Waals surface area contributed by atoms with Crippen molar-refractivity contribution in [2.45, 2.75) is 43.5 Å². The van der Waals surface area contributed by atoms with E-state index >= 15 is 0 Å². The number of carbonyl (C=O) groups excluding carboxylic acids is 2. The lowest BCUT2D eigenvalue weighted by atomic mass is 9.98. The van der Waals surface area contributed by atoms with E-state index in [1.807, 2.05) is 0 Å². The SMILES string of the molecule is N[C@@]1([C@@H](O)[C@H](O)CCO)OC(=O)CCC(=O)OC1O. The van der Waals surface area contributed by atoms with Gasteiger partial charge >= 0.3 is 11.9 Å². The molecule has 1 aliphatic heterocycles. The molecule has 1 heterocycles. The Kier molecular flexibility index (Phi) is 5.20. The van der Waals surface area contributed by atoms with Gasteiger partial charge in [0.15, 0.2) is 0 Å². The van der Waals surface area contributed by atoms with Gasteiger partial charge in [-0.2, -0.15) is 0 Å². The summed E-state index contributed by atoms with van der Waals surface area (Å²) in [6.45, 7) is -0.460. The molecule has 0 aliphatic carbocycles. The highest BCUT2D eigenvalue weighted by Gasteiger charge is 2.51. The maximum absolute atomic E-state index is 11.4. The highest BCUT2D eigenvalue weighted by atomic mass is 16.7. The third-order valence-corrected chi connectivity index (χ3v) is 2.70. The van der Waals surface area contributed by atoms with E-state index in [2.05, 4.69) is 9.47 Å². The maximum atomic E-state index is 11.4. The van der Waals surface area contributed by atoms with Crippen LogP contribution in [-0.2, 0) is 19.1 Å². The smallest absolute Gasteiger partial charge is 0.308 e. The summed E-state index contributed by atoms with van der Waals surface area (Å²) in [4.78, 5) is 22.5. The van der Waals surface area contributed by atoms with Crippen molar-refractivity contribution in [2.24, 2.45) is 5.73 Å². The van der Waals surface area contributed by atoms with Gasteiger partial charge < -0.3 is 29.9 Å². The third kappa shape index (κ3) is 3.61. The zero-order valence-electron chi connectivity index (χ0n) is 10.1. The predicted molar refractivity (Wildman–Crippen MR) is 58.1 cm³/mol. The molecule has 19 heavy (non-hydrogen) atoms. The molecule has 9 heteroatoms. The van der Waals surface area contributed by atoms with Crippen molar-refractivity contribution < 1.29 is 39.5 Å². The summed E-state index contributed by atoms with van der Waals surface area (Å²) >= 11 is 0. The molecule has 0 amide bonds. The van der Waals surface area contributed by atoms with Gasteiger partial charge in [0.25, 0.3) is 12.0 Å². The molecule has 6 N–H and O–H groups in total. The van der Waals surface area contributed by atoms with Gasteiger partial charge in [-0.25, -0.2) is 0 Å². The molecule has 0 aromatic rings. The Morgan fingerprint density at radius 1 is 1.32 bits per heavy atom. The first kappa shape index (κ1) is 15.8. The van der Waals surface area contributed by atoms with Crippen LogP contribution in [0.4, 0.5) is 0 Å². The Morgan fingerprint density at radius 2 is 1.89 bits per heavy atom. The van der Waals surface area contributed by atoms with Crippen LogP contribution in [0.15, 0.2) is 0 Å². The Bertz CT molecular complexity index is 348. The number of esters is 2. The number of rotatable bonds is 4. The normalized spacial score (nSPS) is 31.7. The highest BCUT2D eigenvalue weighted by molar-refractivity contribution is 5.78. The molecule has 9 nitrogen and oxygen atoms in total. The highest BCUT2D eigenvalue weighted by Crippen LogP contribution is 2.23. The first-order chi connectivity index (χ1) is 8.81. The molecular weight excluding hydrogens is 262 g/mol. The summed E-state index contributed by atoms with van der Waals surface area (Å²) in [7, 11) is 0. The van der Waals surface area contributed by atoms with E-state index in [-0.39, 0.29) is 19.3 Å². The number of ether oxygens (including phenoxy) is 2. The molecule has 0 saturated carbocycles. The van der Waals surface area contributed by atoms with Crippen LogP contribution in [0.3, 0.4) is 0 Å². The molecule has 1 saturated heterocycles. The van der Waals surface area contributed by atoms with E-state index in [1.165, 1.54) is 0 Å². The minimum Gasteiger partial charge on any atom is -0.434 e. The standard InChI is InChI=1S/C10H17NO8/c11-10(8(16)5(13)3-4-12)9(17)18-6(14)1-2-7(15)19-10/h5,8-9,12-13,16-17H,1-4,11H2/t5-,8+,9?,10+/m1/s1. The second-order valence-corrected chi connectivity index (χ2v) is 4.19. The van der Waals surface area contributed by atoms with Crippen molar-refractivity contribution in [3.63, 3.8) is 0 Å². The molecule has 1 rings (SSSR count). The molecule has 0 aromatic heterocycles. The van der Waals surface area contributed by atoms with Crippen molar-refractivity contribution in [2.75, 3.05) is 6.61 Å². The van der Waals surface area contributed by atoms with Crippen LogP contribution in [-0.4, -0.2) is 63.2 Å². The average Bonchev–Trinajstić information content (AvgIpc) is 2.34. The second-order valence-electron chi connectivity index (χ2n) is 4.19. The quantitative estimate of drug-likeness (QED) is 0.337. The first-order valence-electron chi connectivity index (χ1n) is 5.66. The lowest BCUT2D eigenvalue weighted by Crippen LogP contribution is -2.67. The van der Waals surface area contributed by atoms with Crippen molar-refractivity contribution in [3.05, 3.63) is 0 Å². The third-order valence-electron chi connectivity index (χ3n) is 2.70. The van der Waals surface area contributed by atoms with E-state index in [9.17, 15) is 24.9 Å². The van der Waals surface area contributed by atoms with Crippen LogP contribution in [0, 0.1) is 0 Å². The van der Waals surface area contributed by atoms with E-state index in [4.69, 9.17) is 10.8 Å². The van der Waals surface area contributed by atoms with Gasteiger partial charge in [-0.15, -0.1) is 0 Å². The van der Waals surface area contributed by atoms with Gasteiger partial charge in [0.05, 0.1) is 18.9 Å². The van der Waals surface area contributed by atoms with Crippen LogP contribution in [0.5, 0.6) is 0 Å². The Hall–Kier alpha value is -1.26. The average molecular weight is 279 g/mol. The van der Waals surface area contributed by atoms with Crippen molar-refractivity contribution in [1.82, 2.24) is 0 Å². The summed E-state index contributed by atoms with van der Waals surface area (Å²) in [5.41, 5.74) is 3.04. The molecule has 0 radical (unpaired) electrons. The summed E-state index contributed by atoms with van der Waals surface area (Å²) in [6.07, 6.45) is -6.53. The second kappa shape index (κ2) is 6.26. The van der Waals surface area contributed by atoms with Gasteiger partial charge in [0, 0.05) is 6.61 Å². The zero-order chi connectivity index (χ0) is 14.6. The molecule has 0 aromatic carbocycles. The summed E-state index contributed by atoms with van der Waals surface area (Å²) in [6, 6.07) is 0. The van der Waals surface area contributed by atoms with Crippen LogP contribution in [0.1, 0.15) is 19.3 Å². The number of carbonyl (C=O) groups is 2. The number of hydrogen-bond acceptors (Lipinski definition) is 9. The van der Waals surface area contributed by atoms with Gasteiger partial charge in [-0.1, -0.05) is 0 Å². The topological polar surface area (TPSA) is 160 Å². The fraction of sp³-hybridized carbons (Fsp3) is 0.800. The van der Waals surface area contributed by atoms with E-state index in [1.54, 1.807) is 0 Å². The molecule has 1 unspecified atom stereocenters. The zero-order valence-corrected chi connectivity index (χ0v) is 10.1. The number of hydrogen-bond donors (Lipinski definition) is 5. The number of cyclic esters (lactones) is 2. The number of aliphatic hydroxyl groups excluding tert-OH is 4. The number of aliphatic hydroxyl groups is 4. The van der Waals surface area contributed by atoms with Crippen molar-refractivity contribution in [3.8, 4) is 0 Å². The molecule has 1 aliphatic rings. The van der Waals surface area contributed by atoms with E-state index in [0.29, 0.717) is 0 Å². The minimum absolute atomic E-state index is 0.266. The Labute approximate surface area is 108 Å². The molecule has 1 fully saturated rings. The van der Waals surface area contributed by atoms with Gasteiger partial charge in [0.1, 0.15) is 6.10 Å². The maximum Gasteiger partial charge on any atom is 0.308 e. The molecule has 4 atom stereocenters. The fourth-order valence-electron chi connectivity index (χ4n) is 1.58. The predicted octanol–water partition coefficient (Wildman–Crippen LogP) is -3.06. The van der Waals surface area contributed by atoms with Crippen LogP contribution < -0.4 is 5.73 Å². The van der Waals surface area contributed by atoms with Crippen LogP contribution in [0.25, 0.3) is 0 Å². The van der Waals surface area contributed by atoms with Gasteiger partial charge in [0.2, 0.25) is 0 Å². The monoisotopic (exact) mass is 279 g/mol. The summed E-state index contributed by atoms with van der Waals surface area (Å²) < 4.78 is 9.17. The molecule has 0 spiro atoms. The summed E-state index contributed by atoms with van der Waals surface area (Å²) in [5, 5.41) is 37.6. The van der Waals surface area contributed by atoms with Gasteiger partial charge in [-0.3, -0.25) is 15.3 Å². The van der Waals surface area contributed by atoms with Crippen LogP contribution in [0.2, 0.25) is 0 Å². The van der Waals surface area contributed by atoms with E-state index in [0.717, 1.165) is 0 Å². The Balaban J connectivity index is 2.94. The van der Waals surface area contributed by atoms with Crippen molar-refractivity contribution in [1.29, 1.82) is 0 Å². The van der Waals surface area contributed by atoms with Gasteiger partial charge in [-0.05, 0) is 6.42 Å². The summed E-state index contributed by atoms with van der Waals surface area (Å²) in [5.74, 6) is -1.81. The first-order valence-corrected chi connectivity index (χ1v) is 5.66. The molecule has 110 valence electrons. The number of nitrogens with two attached hydrogens (primary N) is 1. The minimum atomic E-state index is -2.50. The lowest BCUT2D eigenvalue weighted by molar-refractivity contribution is -0.266. The Morgan fingerprint density at radius 3 is 2.47 bits per heavy atom. The van der Waals surface area contributed by atoms with Crippen LogP contribution >= 0.6 is 0 Å². The van der Waals surface area contributed by atoms with Crippen molar-refractivity contribution >= 4 is 11.9 Å². The lowest BCUT2D eigenvalue weighted by Gasteiger charge is -2.39. The largest absolute Gasteiger partial charge is 0.434 e. The molecule has 0 bridgehead atoms.